The maximum Gasteiger partial charge on any atom is 0.0529 e. The highest BCUT2D eigenvalue weighted by atomic mass is 16.3. The Morgan fingerprint density at radius 3 is 2.71 bits per heavy atom. The summed E-state index contributed by atoms with van der Waals surface area (Å²) in [7, 11) is 0. The fraction of sp³-hybridized carbons (Fsp3) is 0.714. The molecule has 0 radical (unpaired) electrons. The third-order valence-electron chi connectivity index (χ3n) is 3.01. The van der Waals surface area contributed by atoms with Crippen molar-refractivity contribution in [3.63, 3.8) is 0 Å². The molecule has 0 saturated heterocycles. The number of aliphatic hydroxyl groups excluding tert-OH is 1. The van der Waals surface area contributed by atoms with Crippen LogP contribution in [-0.4, -0.2) is 22.3 Å². The highest BCUT2D eigenvalue weighted by Crippen LogP contribution is 2.19. The Labute approximate surface area is 105 Å². The van der Waals surface area contributed by atoms with E-state index in [2.05, 4.69) is 42.2 Å². The third kappa shape index (κ3) is 4.92. The number of hydrogen-bond donors (Lipinski definition) is 2. The van der Waals surface area contributed by atoms with Gasteiger partial charge in [-0.3, -0.25) is 0 Å². The average molecular weight is 238 g/mol. The minimum absolute atomic E-state index is 0.221. The van der Waals surface area contributed by atoms with Crippen LogP contribution in [0.5, 0.6) is 0 Å². The largest absolute Gasteiger partial charge is 0.393 e. The number of nitrogens with one attached hydrogen (secondary N) is 1. The molecular weight excluding hydrogens is 212 g/mol. The van der Waals surface area contributed by atoms with Crippen molar-refractivity contribution in [2.75, 3.05) is 6.54 Å². The number of aromatic nitrogens is 1. The topological polar surface area (TPSA) is 37.2 Å². The van der Waals surface area contributed by atoms with Crippen LogP contribution >= 0.6 is 0 Å². The standard InChI is InChI=1S/C14H26N2O/c1-4-6-14(15-5-2)13-8-10-16(11-13)9-7-12(3)17/h8,10-12,14-15,17H,4-7,9H2,1-3H3. The monoisotopic (exact) mass is 238 g/mol. The Balaban J connectivity index is 2.57. The predicted molar refractivity (Wildman–Crippen MR) is 72.1 cm³/mol. The van der Waals surface area contributed by atoms with E-state index in [4.69, 9.17) is 0 Å². The Morgan fingerprint density at radius 1 is 1.35 bits per heavy atom. The lowest BCUT2D eigenvalue weighted by Crippen LogP contribution is -2.20. The first-order chi connectivity index (χ1) is 8.17. The second-order valence-corrected chi connectivity index (χ2v) is 4.72. The van der Waals surface area contributed by atoms with Crippen LogP contribution < -0.4 is 5.32 Å². The van der Waals surface area contributed by atoms with Gasteiger partial charge in [0, 0.05) is 25.0 Å². The molecule has 0 aliphatic carbocycles. The number of nitrogens with zero attached hydrogens (tertiary/aromatic N) is 1. The lowest BCUT2D eigenvalue weighted by atomic mass is 10.1. The van der Waals surface area contributed by atoms with Crippen LogP contribution in [0.4, 0.5) is 0 Å². The van der Waals surface area contributed by atoms with Crippen LogP contribution in [0.3, 0.4) is 0 Å². The van der Waals surface area contributed by atoms with Crippen LogP contribution in [0, 0.1) is 0 Å². The first kappa shape index (κ1) is 14.3. The summed E-state index contributed by atoms with van der Waals surface area (Å²) < 4.78 is 2.17. The lowest BCUT2D eigenvalue weighted by molar-refractivity contribution is 0.178. The zero-order chi connectivity index (χ0) is 12.7. The van der Waals surface area contributed by atoms with Gasteiger partial charge in [-0.15, -0.1) is 0 Å². The molecule has 17 heavy (non-hydrogen) atoms. The number of aryl methyl sites for hydroxylation is 1. The fourth-order valence-electron chi connectivity index (χ4n) is 2.06. The molecule has 1 aromatic rings. The van der Waals surface area contributed by atoms with Gasteiger partial charge in [-0.2, -0.15) is 0 Å². The van der Waals surface area contributed by atoms with Crippen LogP contribution in [0.1, 0.15) is 51.6 Å². The van der Waals surface area contributed by atoms with E-state index in [-0.39, 0.29) is 6.10 Å². The van der Waals surface area contributed by atoms with Gasteiger partial charge in [-0.1, -0.05) is 20.3 Å². The molecule has 0 spiro atoms. The summed E-state index contributed by atoms with van der Waals surface area (Å²) in [6.07, 6.45) is 7.27. The molecule has 3 heteroatoms. The summed E-state index contributed by atoms with van der Waals surface area (Å²) in [5.74, 6) is 0. The Morgan fingerprint density at radius 2 is 2.12 bits per heavy atom. The average Bonchev–Trinajstić information content (AvgIpc) is 2.74. The van der Waals surface area contributed by atoms with Gasteiger partial charge in [0.1, 0.15) is 0 Å². The normalized spacial score (nSPS) is 14.8. The minimum atomic E-state index is -0.221. The number of rotatable bonds is 8. The van der Waals surface area contributed by atoms with Crippen LogP contribution in [0.25, 0.3) is 0 Å². The quantitative estimate of drug-likeness (QED) is 0.730. The molecule has 98 valence electrons. The predicted octanol–water partition coefficient (Wildman–Crippen LogP) is 2.71. The third-order valence-corrected chi connectivity index (χ3v) is 3.01. The second-order valence-electron chi connectivity index (χ2n) is 4.72. The van der Waals surface area contributed by atoms with E-state index in [0.717, 1.165) is 19.5 Å². The zero-order valence-electron chi connectivity index (χ0n) is 11.3. The minimum Gasteiger partial charge on any atom is -0.393 e. The highest BCUT2D eigenvalue weighted by Gasteiger charge is 2.10. The van der Waals surface area contributed by atoms with E-state index < -0.39 is 0 Å². The number of aliphatic hydroxyl groups is 1. The van der Waals surface area contributed by atoms with Gasteiger partial charge < -0.3 is 15.0 Å². The van der Waals surface area contributed by atoms with Crippen LogP contribution in [-0.2, 0) is 6.54 Å². The Hall–Kier alpha value is -0.800. The summed E-state index contributed by atoms with van der Waals surface area (Å²) >= 11 is 0. The molecule has 0 bridgehead atoms. The summed E-state index contributed by atoms with van der Waals surface area (Å²) in [5, 5.41) is 12.8. The smallest absolute Gasteiger partial charge is 0.0529 e. The summed E-state index contributed by atoms with van der Waals surface area (Å²) in [6, 6.07) is 2.66. The summed E-state index contributed by atoms with van der Waals surface area (Å²) in [5.41, 5.74) is 1.36. The van der Waals surface area contributed by atoms with Gasteiger partial charge in [0.05, 0.1) is 6.10 Å². The van der Waals surface area contributed by atoms with Crippen molar-refractivity contribution in [2.24, 2.45) is 0 Å². The van der Waals surface area contributed by atoms with Gasteiger partial charge >= 0.3 is 0 Å². The van der Waals surface area contributed by atoms with Crippen molar-refractivity contribution in [2.45, 2.75) is 58.7 Å². The van der Waals surface area contributed by atoms with Gasteiger partial charge in [0.2, 0.25) is 0 Å². The molecule has 3 nitrogen and oxygen atoms in total. The summed E-state index contributed by atoms with van der Waals surface area (Å²) in [4.78, 5) is 0. The van der Waals surface area contributed by atoms with Crippen molar-refractivity contribution < 1.29 is 5.11 Å². The molecule has 0 amide bonds. The first-order valence-electron chi connectivity index (χ1n) is 6.74. The van der Waals surface area contributed by atoms with Gasteiger partial charge in [-0.05, 0) is 37.9 Å². The molecule has 1 rings (SSSR count). The molecular formula is C14H26N2O. The zero-order valence-corrected chi connectivity index (χ0v) is 11.3. The summed E-state index contributed by atoms with van der Waals surface area (Å²) in [6.45, 7) is 8.09. The molecule has 2 N–H and O–H groups in total. The maximum absolute atomic E-state index is 9.27. The van der Waals surface area contributed by atoms with E-state index in [0.29, 0.717) is 6.04 Å². The van der Waals surface area contributed by atoms with Gasteiger partial charge in [0.25, 0.3) is 0 Å². The van der Waals surface area contributed by atoms with Crippen LogP contribution in [0.2, 0.25) is 0 Å². The van der Waals surface area contributed by atoms with Crippen molar-refractivity contribution >= 4 is 0 Å². The molecule has 0 aliphatic heterocycles. The Bertz CT molecular complexity index is 301. The maximum atomic E-state index is 9.27. The molecule has 0 saturated carbocycles. The van der Waals surface area contributed by atoms with Gasteiger partial charge in [-0.25, -0.2) is 0 Å². The van der Waals surface area contributed by atoms with Crippen molar-refractivity contribution in [1.29, 1.82) is 0 Å². The van der Waals surface area contributed by atoms with E-state index in [9.17, 15) is 5.11 Å². The fourth-order valence-corrected chi connectivity index (χ4v) is 2.06. The molecule has 2 atom stereocenters. The molecule has 1 aromatic heterocycles. The van der Waals surface area contributed by atoms with E-state index >= 15 is 0 Å². The highest BCUT2D eigenvalue weighted by molar-refractivity contribution is 5.15. The van der Waals surface area contributed by atoms with Gasteiger partial charge in [0.15, 0.2) is 0 Å². The SMILES string of the molecule is CCCC(NCC)c1ccn(CCC(C)O)c1. The molecule has 0 aliphatic rings. The molecule has 0 aromatic carbocycles. The van der Waals surface area contributed by atoms with E-state index in [1.54, 1.807) is 0 Å². The van der Waals surface area contributed by atoms with Crippen molar-refractivity contribution in [3.8, 4) is 0 Å². The lowest BCUT2D eigenvalue weighted by Gasteiger charge is -2.15. The van der Waals surface area contributed by atoms with Crippen molar-refractivity contribution in [1.82, 2.24) is 9.88 Å². The first-order valence-corrected chi connectivity index (χ1v) is 6.74. The molecule has 1 heterocycles. The second kappa shape index (κ2) is 7.51. The number of hydrogen-bond acceptors (Lipinski definition) is 2. The van der Waals surface area contributed by atoms with Crippen LogP contribution in [0.15, 0.2) is 18.5 Å². The van der Waals surface area contributed by atoms with Crippen molar-refractivity contribution in [3.05, 3.63) is 24.0 Å². The van der Waals surface area contributed by atoms with E-state index in [1.807, 2.05) is 6.92 Å². The Kier molecular flexibility index (Phi) is 6.30. The van der Waals surface area contributed by atoms with E-state index in [1.165, 1.54) is 18.4 Å². The molecule has 0 fully saturated rings. The molecule has 2 unspecified atom stereocenters.